The summed E-state index contributed by atoms with van der Waals surface area (Å²) < 4.78 is 6.98. The number of aromatic nitrogens is 3. The van der Waals surface area contributed by atoms with E-state index in [0.717, 1.165) is 42.1 Å². The molecule has 0 spiro atoms. The topological polar surface area (TPSA) is 76.2 Å². The molecule has 0 bridgehead atoms. The smallest absolute Gasteiger partial charge is 0.323 e. The van der Waals surface area contributed by atoms with Gasteiger partial charge >= 0.3 is 6.03 Å². The van der Waals surface area contributed by atoms with Gasteiger partial charge in [0.15, 0.2) is 0 Å². The maximum absolute atomic E-state index is 13.1. The number of benzene rings is 1. The predicted octanol–water partition coefficient (Wildman–Crippen LogP) is 4.24. The monoisotopic (exact) mass is 365 g/mol. The molecule has 1 aromatic carbocycles. The number of nitrogens with zero attached hydrogens (tertiary/aromatic N) is 4. The number of piperidine rings is 1. The second-order valence-corrected chi connectivity index (χ2v) is 6.92. The van der Waals surface area contributed by atoms with Gasteiger partial charge < -0.3 is 9.42 Å². The summed E-state index contributed by atoms with van der Waals surface area (Å²) in [6.45, 7) is 4.47. The van der Waals surface area contributed by atoms with Gasteiger partial charge in [-0.15, -0.1) is 0 Å². The molecule has 1 saturated heterocycles. The molecule has 1 aliphatic heterocycles. The van der Waals surface area contributed by atoms with Gasteiger partial charge in [0.2, 0.25) is 0 Å². The predicted molar refractivity (Wildman–Crippen MR) is 102 cm³/mol. The first kappa shape index (κ1) is 17.3. The Labute approximate surface area is 158 Å². The van der Waals surface area contributed by atoms with Crippen molar-refractivity contribution < 1.29 is 9.32 Å². The standard InChI is InChI=1S/C20H23N5O2/c1-14-12-19(25(22-14)16-8-4-3-5-9-16)21-20(26)24-11-7-6-10-18(24)17-13-15(2)27-23-17/h3-5,8-9,12-13,18H,6-7,10-11H2,1-2H3,(H,21,26). The van der Waals surface area contributed by atoms with E-state index in [1.807, 2.05) is 61.2 Å². The van der Waals surface area contributed by atoms with Gasteiger partial charge in [-0.1, -0.05) is 23.4 Å². The molecule has 3 heterocycles. The molecule has 1 unspecified atom stereocenters. The maximum Gasteiger partial charge on any atom is 0.323 e. The van der Waals surface area contributed by atoms with Gasteiger partial charge in [0, 0.05) is 18.7 Å². The minimum absolute atomic E-state index is 0.0645. The third kappa shape index (κ3) is 3.58. The van der Waals surface area contributed by atoms with E-state index in [1.54, 1.807) is 4.68 Å². The van der Waals surface area contributed by atoms with Crippen LogP contribution in [0.5, 0.6) is 0 Å². The zero-order valence-corrected chi connectivity index (χ0v) is 15.6. The van der Waals surface area contributed by atoms with Crippen molar-refractivity contribution in [3.8, 4) is 5.69 Å². The van der Waals surface area contributed by atoms with Crippen LogP contribution in [0.2, 0.25) is 0 Å². The number of aryl methyl sites for hydroxylation is 2. The van der Waals surface area contributed by atoms with Crippen LogP contribution in [0.25, 0.3) is 5.69 Å². The van der Waals surface area contributed by atoms with Gasteiger partial charge in [0.05, 0.1) is 17.4 Å². The molecule has 1 N–H and O–H groups in total. The van der Waals surface area contributed by atoms with Crippen molar-refractivity contribution in [2.75, 3.05) is 11.9 Å². The quantitative estimate of drug-likeness (QED) is 0.753. The number of hydrogen-bond acceptors (Lipinski definition) is 4. The Hall–Kier alpha value is -3.09. The van der Waals surface area contributed by atoms with E-state index in [9.17, 15) is 4.79 Å². The summed E-state index contributed by atoms with van der Waals surface area (Å²) in [4.78, 5) is 14.9. The van der Waals surface area contributed by atoms with E-state index < -0.39 is 0 Å². The number of rotatable bonds is 3. The van der Waals surface area contributed by atoms with Crippen LogP contribution in [0.1, 0.15) is 42.5 Å². The number of nitrogens with one attached hydrogen (secondary N) is 1. The summed E-state index contributed by atoms with van der Waals surface area (Å²) >= 11 is 0. The normalized spacial score (nSPS) is 17.1. The highest BCUT2D eigenvalue weighted by Gasteiger charge is 2.30. The summed E-state index contributed by atoms with van der Waals surface area (Å²) in [5, 5.41) is 11.7. The summed E-state index contributed by atoms with van der Waals surface area (Å²) in [6.07, 6.45) is 2.94. The Morgan fingerprint density at radius 1 is 1.19 bits per heavy atom. The highest BCUT2D eigenvalue weighted by atomic mass is 16.5. The van der Waals surface area contributed by atoms with Crippen LogP contribution >= 0.6 is 0 Å². The molecule has 7 heteroatoms. The fourth-order valence-corrected chi connectivity index (χ4v) is 3.56. The van der Waals surface area contributed by atoms with E-state index in [2.05, 4.69) is 15.6 Å². The molecule has 1 fully saturated rings. The Balaban J connectivity index is 1.58. The maximum atomic E-state index is 13.1. The first-order valence-electron chi connectivity index (χ1n) is 9.25. The van der Waals surface area contributed by atoms with Crippen molar-refractivity contribution in [3.63, 3.8) is 0 Å². The second kappa shape index (κ2) is 7.26. The third-order valence-electron chi connectivity index (χ3n) is 4.82. The van der Waals surface area contributed by atoms with Crippen molar-refractivity contribution in [2.45, 2.75) is 39.2 Å². The summed E-state index contributed by atoms with van der Waals surface area (Å²) in [6, 6.07) is 13.4. The Kier molecular flexibility index (Phi) is 4.66. The van der Waals surface area contributed by atoms with Gasteiger partial charge in [-0.3, -0.25) is 5.32 Å². The van der Waals surface area contributed by atoms with E-state index in [1.165, 1.54) is 0 Å². The second-order valence-electron chi connectivity index (χ2n) is 6.92. The molecule has 4 rings (SSSR count). The average molecular weight is 365 g/mol. The van der Waals surface area contributed by atoms with E-state index >= 15 is 0 Å². The van der Waals surface area contributed by atoms with E-state index in [4.69, 9.17) is 4.52 Å². The molecular formula is C20H23N5O2. The minimum Gasteiger partial charge on any atom is -0.361 e. The largest absolute Gasteiger partial charge is 0.361 e. The van der Waals surface area contributed by atoms with Gasteiger partial charge in [-0.2, -0.15) is 5.10 Å². The highest BCUT2D eigenvalue weighted by molar-refractivity contribution is 5.89. The molecule has 3 aromatic rings. The molecule has 2 aromatic heterocycles. The van der Waals surface area contributed by atoms with Crippen LogP contribution in [-0.4, -0.2) is 32.4 Å². The summed E-state index contributed by atoms with van der Waals surface area (Å²) in [5.41, 5.74) is 2.56. The van der Waals surface area contributed by atoms with Crippen LogP contribution in [0.3, 0.4) is 0 Å². The van der Waals surface area contributed by atoms with Crippen LogP contribution < -0.4 is 5.32 Å². The first-order valence-corrected chi connectivity index (χ1v) is 9.25. The average Bonchev–Trinajstić information content (AvgIpc) is 3.28. The van der Waals surface area contributed by atoms with Crippen molar-refractivity contribution in [1.82, 2.24) is 19.8 Å². The Bertz CT molecular complexity index is 931. The van der Waals surface area contributed by atoms with Crippen molar-refractivity contribution in [3.05, 3.63) is 59.6 Å². The van der Waals surface area contributed by atoms with Gasteiger partial charge in [0.1, 0.15) is 17.3 Å². The van der Waals surface area contributed by atoms with E-state index in [0.29, 0.717) is 12.4 Å². The summed E-state index contributed by atoms with van der Waals surface area (Å²) in [5.74, 6) is 1.41. The number of carbonyl (C=O) groups is 1. The first-order chi connectivity index (χ1) is 13.1. The van der Waals surface area contributed by atoms with Gasteiger partial charge in [0.25, 0.3) is 0 Å². The molecule has 0 radical (unpaired) electrons. The number of para-hydroxylation sites is 1. The minimum atomic E-state index is -0.141. The van der Waals surface area contributed by atoms with Crippen molar-refractivity contribution in [2.24, 2.45) is 0 Å². The van der Waals surface area contributed by atoms with Crippen molar-refractivity contribution in [1.29, 1.82) is 0 Å². The van der Waals surface area contributed by atoms with Crippen LogP contribution in [0.15, 0.2) is 47.0 Å². The Morgan fingerprint density at radius 3 is 2.74 bits per heavy atom. The fraction of sp³-hybridized carbons (Fsp3) is 0.350. The SMILES string of the molecule is Cc1cc(NC(=O)N2CCCCC2c2cc(C)on2)n(-c2ccccc2)n1. The molecule has 1 atom stereocenters. The number of urea groups is 1. The van der Waals surface area contributed by atoms with Crippen LogP contribution in [0.4, 0.5) is 10.6 Å². The number of amides is 2. The lowest BCUT2D eigenvalue weighted by atomic mass is 9.99. The lowest BCUT2D eigenvalue weighted by Crippen LogP contribution is -2.41. The molecule has 27 heavy (non-hydrogen) atoms. The third-order valence-corrected chi connectivity index (χ3v) is 4.82. The van der Waals surface area contributed by atoms with Crippen LogP contribution in [0, 0.1) is 13.8 Å². The Morgan fingerprint density at radius 2 is 2.00 bits per heavy atom. The molecule has 0 saturated carbocycles. The number of likely N-dealkylation sites (tertiary alicyclic amines) is 1. The van der Waals surface area contributed by atoms with E-state index in [-0.39, 0.29) is 12.1 Å². The summed E-state index contributed by atoms with van der Waals surface area (Å²) in [7, 11) is 0. The zero-order valence-electron chi connectivity index (χ0n) is 15.6. The van der Waals surface area contributed by atoms with Crippen molar-refractivity contribution >= 4 is 11.8 Å². The fourth-order valence-electron chi connectivity index (χ4n) is 3.56. The number of hydrogen-bond donors (Lipinski definition) is 1. The lowest BCUT2D eigenvalue weighted by Gasteiger charge is -2.34. The lowest BCUT2D eigenvalue weighted by molar-refractivity contribution is 0.159. The molecule has 0 aliphatic carbocycles. The molecule has 1 aliphatic rings. The molecule has 2 amide bonds. The van der Waals surface area contributed by atoms with Gasteiger partial charge in [-0.25, -0.2) is 9.48 Å². The molecular weight excluding hydrogens is 342 g/mol. The van der Waals surface area contributed by atoms with Crippen LogP contribution in [-0.2, 0) is 0 Å². The zero-order chi connectivity index (χ0) is 18.8. The number of carbonyl (C=O) groups excluding carboxylic acids is 1. The molecule has 7 nitrogen and oxygen atoms in total. The molecule has 140 valence electrons. The number of anilines is 1. The van der Waals surface area contributed by atoms with Gasteiger partial charge in [-0.05, 0) is 45.2 Å². The highest BCUT2D eigenvalue weighted by Crippen LogP contribution is 2.31.